The van der Waals surface area contributed by atoms with Crippen LogP contribution in [0.15, 0.2) is 47.5 Å². The summed E-state index contributed by atoms with van der Waals surface area (Å²) in [6.07, 6.45) is 1.63. The van der Waals surface area contributed by atoms with E-state index in [0.717, 1.165) is 10.5 Å². The fourth-order valence-electron chi connectivity index (χ4n) is 1.48. The number of hydrogen-bond donors (Lipinski definition) is 2. The van der Waals surface area contributed by atoms with Crippen LogP contribution in [-0.4, -0.2) is 16.6 Å². The molecule has 2 rings (SSSR count). The fourth-order valence-corrected chi connectivity index (χ4v) is 2.17. The average molecular weight is 291 g/mol. The van der Waals surface area contributed by atoms with Gasteiger partial charge in [-0.25, -0.2) is 9.37 Å². The van der Waals surface area contributed by atoms with Gasteiger partial charge in [0.1, 0.15) is 11.6 Å². The molecule has 0 aliphatic rings. The van der Waals surface area contributed by atoms with Crippen LogP contribution in [0.1, 0.15) is 5.56 Å². The third-order valence-corrected chi connectivity index (χ3v) is 3.51. The summed E-state index contributed by atoms with van der Waals surface area (Å²) in [5, 5.41) is 2.77. The lowest BCUT2D eigenvalue weighted by Crippen LogP contribution is -2.24. The smallest absolute Gasteiger partial charge is 0.230 e. The summed E-state index contributed by atoms with van der Waals surface area (Å²) in [4.78, 5) is 16.5. The third kappa shape index (κ3) is 4.55. The lowest BCUT2D eigenvalue weighted by molar-refractivity contribution is -0.118. The molecule has 0 aliphatic carbocycles. The quantitative estimate of drug-likeness (QED) is 0.829. The highest BCUT2D eigenvalue weighted by molar-refractivity contribution is 8.00. The second-order valence-electron chi connectivity index (χ2n) is 4.11. The molecule has 0 radical (unpaired) electrons. The minimum Gasteiger partial charge on any atom is -0.384 e. The summed E-state index contributed by atoms with van der Waals surface area (Å²) in [6.45, 7) is 0.389. The third-order valence-electron chi connectivity index (χ3n) is 2.53. The second-order valence-corrected chi connectivity index (χ2v) is 5.16. The van der Waals surface area contributed by atoms with Gasteiger partial charge in [-0.1, -0.05) is 12.1 Å². The van der Waals surface area contributed by atoms with Crippen LogP contribution in [0.3, 0.4) is 0 Å². The number of nitrogens with zero attached hydrogens (tertiary/aromatic N) is 1. The Morgan fingerprint density at radius 3 is 2.65 bits per heavy atom. The average Bonchev–Trinajstić information content (AvgIpc) is 2.46. The molecule has 1 aromatic heterocycles. The molecule has 6 heteroatoms. The Morgan fingerprint density at radius 1 is 1.25 bits per heavy atom. The molecule has 104 valence electrons. The molecular weight excluding hydrogens is 277 g/mol. The number of thioether (sulfide) groups is 1. The maximum Gasteiger partial charge on any atom is 0.230 e. The van der Waals surface area contributed by atoms with Gasteiger partial charge >= 0.3 is 0 Å². The SMILES string of the molecule is Nc1ccc(SCC(=O)NCc2ccc(F)cc2)cn1. The zero-order valence-corrected chi connectivity index (χ0v) is 11.5. The Hall–Kier alpha value is -2.08. The highest BCUT2D eigenvalue weighted by atomic mass is 32.2. The summed E-state index contributed by atoms with van der Waals surface area (Å²) in [5.74, 6) is 0.380. The Balaban J connectivity index is 1.75. The second kappa shape index (κ2) is 6.91. The van der Waals surface area contributed by atoms with Gasteiger partial charge < -0.3 is 11.1 Å². The van der Waals surface area contributed by atoms with Crippen LogP contribution in [0.25, 0.3) is 0 Å². The molecule has 1 aromatic carbocycles. The van der Waals surface area contributed by atoms with Crippen LogP contribution in [0.4, 0.5) is 10.2 Å². The van der Waals surface area contributed by atoms with E-state index in [9.17, 15) is 9.18 Å². The predicted octanol–water partition coefficient (Wildman–Crippen LogP) is 2.21. The molecule has 3 N–H and O–H groups in total. The topological polar surface area (TPSA) is 68.0 Å². The number of aromatic nitrogens is 1. The van der Waals surface area contributed by atoms with E-state index >= 15 is 0 Å². The molecule has 20 heavy (non-hydrogen) atoms. The molecule has 0 saturated carbocycles. The Kier molecular flexibility index (Phi) is 4.95. The number of pyridine rings is 1. The molecule has 1 amide bonds. The maximum absolute atomic E-state index is 12.7. The Morgan fingerprint density at radius 2 is 2.00 bits per heavy atom. The highest BCUT2D eigenvalue weighted by Gasteiger charge is 2.03. The summed E-state index contributed by atoms with van der Waals surface area (Å²) < 4.78 is 12.7. The Bertz CT molecular complexity index is 520. The van der Waals surface area contributed by atoms with Crippen LogP contribution in [0, 0.1) is 5.82 Å². The largest absolute Gasteiger partial charge is 0.384 e. The number of nitrogens with one attached hydrogen (secondary N) is 1. The number of amides is 1. The van der Waals surface area contributed by atoms with Gasteiger partial charge in [-0.05, 0) is 29.8 Å². The summed E-state index contributed by atoms with van der Waals surface area (Å²) in [5.41, 5.74) is 6.34. The zero-order chi connectivity index (χ0) is 14.4. The maximum atomic E-state index is 12.7. The van der Waals surface area contributed by atoms with Crippen LogP contribution < -0.4 is 11.1 Å². The number of carbonyl (C=O) groups is 1. The Labute approximate surface area is 120 Å². The first-order valence-electron chi connectivity index (χ1n) is 5.99. The van der Waals surface area contributed by atoms with Crippen molar-refractivity contribution in [2.24, 2.45) is 0 Å². The van der Waals surface area contributed by atoms with E-state index in [-0.39, 0.29) is 11.7 Å². The molecule has 2 aromatic rings. The number of nitrogens with two attached hydrogens (primary N) is 1. The normalized spacial score (nSPS) is 10.2. The number of anilines is 1. The first-order chi connectivity index (χ1) is 9.63. The monoisotopic (exact) mass is 291 g/mol. The van der Waals surface area contributed by atoms with E-state index in [1.165, 1.54) is 23.9 Å². The van der Waals surface area contributed by atoms with E-state index < -0.39 is 0 Å². The first-order valence-corrected chi connectivity index (χ1v) is 6.97. The lowest BCUT2D eigenvalue weighted by Gasteiger charge is -2.05. The molecule has 0 spiro atoms. The molecule has 0 atom stereocenters. The molecular formula is C14H14FN3OS. The number of hydrogen-bond acceptors (Lipinski definition) is 4. The van der Waals surface area contributed by atoms with Crippen molar-refractivity contribution >= 4 is 23.5 Å². The molecule has 0 unspecified atom stereocenters. The first kappa shape index (κ1) is 14.3. The van der Waals surface area contributed by atoms with Gasteiger partial charge in [0.25, 0.3) is 0 Å². The number of carbonyl (C=O) groups excluding carboxylic acids is 1. The van der Waals surface area contributed by atoms with Crippen LogP contribution >= 0.6 is 11.8 Å². The van der Waals surface area contributed by atoms with Crippen LogP contribution in [-0.2, 0) is 11.3 Å². The van der Waals surface area contributed by atoms with Crippen molar-refractivity contribution in [2.45, 2.75) is 11.4 Å². The van der Waals surface area contributed by atoms with Crippen molar-refractivity contribution in [3.05, 3.63) is 54.0 Å². The lowest BCUT2D eigenvalue weighted by atomic mass is 10.2. The van der Waals surface area contributed by atoms with Crippen molar-refractivity contribution in [1.29, 1.82) is 0 Å². The molecule has 0 aliphatic heterocycles. The van der Waals surface area contributed by atoms with Crippen molar-refractivity contribution in [3.8, 4) is 0 Å². The molecule has 0 fully saturated rings. The van der Waals surface area contributed by atoms with Gasteiger partial charge in [-0.2, -0.15) is 0 Å². The van der Waals surface area contributed by atoms with E-state index in [0.29, 0.717) is 18.1 Å². The number of nitrogen functional groups attached to an aromatic ring is 1. The van der Waals surface area contributed by atoms with E-state index in [4.69, 9.17) is 5.73 Å². The molecule has 0 bridgehead atoms. The standard InChI is InChI=1S/C14H14FN3OS/c15-11-3-1-10(2-4-11)7-18-14(19)9-20-12-5-6-13(16)17-8-12/h1-6,8H,7,9H2,(H2,16,17)(H,18,19). The van der Waals surface area contributed by atoms with Gasteiger partial charge in [0, 0.05) is 17.6 Å². The van der Waals surface area contributed by atoms with Crippen molar-refractivity contribution in [2.75, 3.05) is 11.5 Å². The minimum atomic E-state index is -0.286. The number of rotatable bonds is 5. The fraction of sp³-hybridized carbons (Fsp3) is 0.143. The van der Waals surface area contributed by atoms with Crippen molar-refractivity contribution in [3.63, 3.8) is 0 Å². The van der Waals surface area contributed by atoms with Gasteiger partial charge in [0.05, 0.1) is 5.75 Å². The van der Waals surface area contributed by atoms with Crippen molar-refractivity contribution < 1.29 is 9.18 Å². The van der Waals surface area contributed by atoms with Crippen LogP contribution in [0.2, 0.25) is 0 Å². The van der Waals surface area contributed by atoms with E-state index in [1.54, 1.807) is 24.4 Å². The molecule has 0 saturated heterocycles. The summed E-state index contributed by atoms with van der Waals surface area (Å²) >= 11 is 1.38. The number of halogens is 1. The van der Waals surface area contributed by atoms with E-state index in [1.807, 2.05) is 6.07 Å². The van der Waals surface area contributed by atoms with Crippen molar-refractivity contribution in [1.82, 2.24) is 10.3 Å². The minimum absolute atomic E-state index is 0.0869. The van der Waals surface area contributed by atoms with Crippen LogP contribution in [0.5, 0.6) is 0 Å². The number of benzene rings is 1. The summed E-state index contributed by atoms with van der Waals surface area (Å²) in [7, 11) is 0. The van der Waals surface area contributed by atoms with Gasteiger partial charge in [-0.3, -0.25) is 4.79 Å². The summed E-state index contributed by atoms with van der Waals surface area (Å²) in [6, 6.07) is 9.55. The zero-order valence-electron chi connectivity index (χ0n) is 10.7. The molecule has 4 nitrogen and oxygen atoms in total. The molecule has 1 heterocycles. The van der Waals surface area contributed by atoms with Gasteiger partial charge in [-0.15, -0.1) is 11.8 Å². The van der Waals surface area contributed by atoms with Gasteiger partial charge in [0.15, 0.2) is 0 Å². The van der Waals surface area contributed by atoms with Gasteiger partial charge in [0.2, 0.25) is 5.91 Å². The predicted molar refractivity (Wildman–Crippen MR) is 77.6 cm³/mol. The highest BCUT2D eigenvalue weighted by Crippen LogP contribution is 2.16. The van der Waals surface area contributed by atoms with E-state index in [2.05, 4.69) is 10.3 Å².